The van der Waals surface area contributed by atoms with Crippen molar-refractivity contribution in [3.63, 3.8) is 0 Å². The van der Waals surface area contributed by atoms with E-state index in [2.05, 4.69) is 19.9 Å². The van der Waals surface area contributed by atoms with E-state index in [0.29, 0.717) is 22.4 Å². The maximum Gasteiger partial charge on any atom is 0.168 e. The summed E-state index contributed by atoms with van der Waals surface area (Å²) >= 11 is 0. The largest absolute Gasteiger partial charge is 0.508 e. The first kappa shape index (κ1) is 15.8. The molecule has 0 bridgehead atoms. The molecule has 6 nitrogen and oxygen atoms in total. The summed E-state index contributed by atoms with van der Waals surface area (Å²) in [7, 11) is 0. The van der Waals surface area contributed by atoms with Gasteiger partial charge in [-0.1, -0.05) is 0 Å². The number of rotatable bonds is 4. The molecular formula is C20H14N4O2. The standard InChI is InChI=1S/C20H14N4O2/c25-16-5-3-14(4-6-16)20-23-12-18-17(24-20)8-13(10-22-18)9-19(26)15-2-1-7-21-11-15/h1-8,10-12,25H,9H2. The second-order valence-electron chi connectivity index (χ2n) is 5.83. The minimum absolute atomic E-state index is 0.0212. The Hall–Kier alpha value is -3.67. The summed E-state index contributed by atoms with van der Waals surface area (Å²) in [5.41, 5.74) is 3.47. The number of ketones is 1. The first-order valence-electron chi connectivity index (χ1n) is 8.03. The van der Waals surface area contributed by atoms with Crippen LogP contribution >= 0.6 is 0 Å². The van der Waals surface area contributed by atoms with Gasteiger partial charge in [0, 0.05) is 36.1 Å². The zero-order valence-electron chi connectivity index (χ0n) is 13.7. The molecule has 0 aliphatic rings. The molecule has 0 spiro atoms. The van der Waals surface area contributed by atoms with E-state index in [0.717, 1.165) is 11.1 Å². The van der Waals surface area contributed by atoms with Crippen molar-refractivity contribution in [2.75, 3.05) is 0 Å². The molecule has 0 atom stereocenters. The van der Waals surface area contributed by atoms with Crippen LogP contribution in [0.1, 0.15) is 15.9 Å². The van der Waals surface area contributed by atoms with E-state index in [4.69, 9.17) is 0 Å². The van der Waals surface area contributed by atoms with E-state index in [1.807, 2.05) is 6.07 Å². The Kier molecular flexibility index (Phi) is 4.07. The highest BCUT2D eigenvalue weighted by atomic mass is 16.3. The smallest absolute Gasteiger partial charge is 0.168 e. The third-order valence-electron chi connectivity index (χ3n) is 3.96. The molecule has 1 aromatic carbocycles. The lowest BCUT2D eigenvalue weighted by atomic mass is 10.1. The van der Waals surface area contributed by atoms with Crippen molar-refractivity contribution in [1.29, 1.82) is 0 Å². The number of pyridine rings is 2. The molecule has 4 aromatic rings. The van der Waals surface area contributed by atoms with Crippen molar-refractivity contribution >= 4 is 16.8 Å². The summed E-state index contributed by atoms with van der Waals surface area (Å²) in [4.78, 5) is 29.5. The maximum absolute atomic E-state index is 12.3. The molecule has 1 N–H and O–H groups in total. The molecule has 0 fully saturated rings. The third-order valence-corrected chi connectivity index (χ3v) is 3.96. The van der Waals surface area contributed by atoms with Gasteiger partial charge in [0.2, 0.25) is 0 Å². The molecular weight excluding hydrogens is 328 g/mol. The fourth-order valence-electron chi connectivity index (χ4n) is 2.62. The van der Waals surface area contributed by atoms with Gasteiger partial charge in [-0.15, -0.1) is 0 Å². The van der Waals surface area contributed by atoms with E-state index in [-0.39, 0.29) is 18.0 Å². The molecule has 126 valence electrons. The van der Waals surface area contributed by atoms with Gasteiger partial charge in [0.05, 0.1) is 11.7 Å². The van der Waals surface area contributed by atoms with Crippen LogP contribution in [0.3, 0.4) is 0 Å². The number of fused-ring (bicyclic) bond motifs is 1. The first-order chi connectivity index (χ1) is 12.7. The molecule has 0 radical (unpaired) electrons. The molecule has 0 amide bonds. The SMILES string of the molecule is O=C(Cc1cnc2cnc(-c3ccc(O)cc3)nc2c1)c1cccnc1. The van der Waals surface area contributed by atoms with E-state index >= 15 is 0 Å². The fraction of sp³-hybridized carbons (Fsp3) is 0.0500. The van der Waals surface area contributed by atoms with Crippen LogP contribution < -0.4 is 0 Å². The van der Waals surface area contributed by atoms with Crippen molar-refractivity contribution in [2.24, 2.45) is 0 Å². The number of aromatic nitrogens is 4. The zero-order chi connectivity index (χ0) is 17.9. The molecule has 3 aromatic heterocycles. The predicted molar refractivity (Wildman–Crippen MR) is 96.7 cm³/mol. The number of phenols is 1. The summed E-state index contributed by atoms with van der Waals surface area (Å²) < 4.78 is 0. The van der Waals surface area contributed by atoms with Gasteiger partial charge in [-0.2, -0.15) is 0 Å². The predicted octanol–water partition coefficient (Wildman–Crippen LogP) is 3.22. The minimum Gasteiger partial charge on any atom is -0.508 e. The summed E-state index contributed by atoms with van der Waals surface area (Å²) in [6.07, 6.45) is 6.74. The Morgan fingerprint density at radius 1 is 0.962 bits per heavy atom. The van der Waals surface area contributed by atoms with Gasteiger partial charge in [-0.25, -0.2) is 9.97 Å². The Morgan fingerprint density at radius 3 is 2.58 bits per heavy atom. The average Bonchev–Trinajstić information content (AvgIpc) is 2.68. The Morgan fingerprint density at radius 2 is 1.81 bits per heavy atom. The summed E-state index contributed by atoms with van der Waals surface area (Å²) in [5, 5.41) is 9.40. The van der Waals surface area contributed by atoms with Crippen LogP contribution in [0.5, 0.6) is 5.75 Å². The van der Waals surface area contributed by atoms with Crippen LogP contribution in [0.4, 0.5) is 0 Å². The zero-order valence-corrected chi connectivity index (χ0v) is 13.7. The molecule has 0 aliphatic heterocycles. The molecule has 3 heterocycles. The molecule has 4 rings (SSSR count). The van der Waals surface area contributed by atoms with Crippen LogP contribution in [0, 0.1) is 0 Å². The monoisotopic (exact) mass is 342 g/mol. The topological polar surface area (TPSA) is 88.9 Å². The normalized spacial score (nSPS) is 10.8. The lowest BCUT2D eigenvalue weighted by Crippen LogP contribution is -2.04. The summed E-state index contributed by atoms with van der Waals surface area (Å²) in [6, 6.07) is 12.0. The highest BCUT2D eigenvalue weighted by Crippen LogP contribution is 2.20. The van der Waals surface area contributed by atoms with Gasteiger partial charge in [-0.05, 0) is 48.0 Å². The fourth-order valence-corrected chi connectivity index (χ4v) is 2.62. The van der Waals surface area contributed by atoms with Crippen molar-refractivity contribution in [3.05, 3.63) is 78.4 Å². The van der Waals surface area contributed by atoms with Crippen molar-refractivity contribution in [1.82, 2.24) is 19.9 Å². The average molecular weight is 342 g/mol. The lowest BCUT2D eigenvalue weighted by Gasteiger charge is -2.05. The van der Waals surface area contributed by atoms with Crippen LogP contribution in [-0.2, 0) is 6.42 Å². The van der Waals surface area contributed by atoms with Crippen LogP contribution in [0.2, 0.25) is 0 Å². The number of phenolic OH excluding ortho intramolecular Hbond substituents is 1. The quantitative estimate of drug-likeness (QED) is 0.573. The Balaban J connectivity index is 1.65. The minimum atomic E-state index is -0.0212. The second-order valence-corrected chi connectivity index (χ2v) is 5.83. The van der Waals surface area contributed by atoms with Crippen LogP contribution in [-0.4, -0.2) is 30.8 Å². The lowest BCUT2D eigenvalue weighted by molar-refractivity contribution is 0.0992. The van der Waals surface area contributed by atoms with Gasteiger partial charge >= 0.3 is 0 Å². The Labute approximate surface area is 149 Å². The molecule has 0 saturated heterocycles. The first-order valence-corrected chi connectivity index (χ1v) is 8.03. The number of hydrogen-bond acceptors (Lipinski definition) is 6. The van der Waals surface area contributed by atoms with Gasteiger partial charge in [0.25, 0.3) is 0 Å². The Bertz CT molecular complexity index is 1080. The number of nitrogens with zero attached hydrogens (tertiary/aromatic N) is 4. The molecule has 26 heavy (non-hydrogen) atoms. The van der Waals surface area contributed by atoms with Gasteiger partial charge < -0.3 is 5.11 Å². The highest BCUT2D eigenvalue weighted by Gasteiger charge is 2.10. The number of Topliss-reactive ketones (excluding diaryl/α,β-unsaturated/α-hetero) is 1. The van der Waals surface area contributed by atoms with E-state index < -0.39 is 0 Å². The molecule has 0 aliphatic carbocycles. The second kappa shape index (κ2) is 6.68. The number of benzene rings is 1. The van der Waals surface area contributed by atoms with Crippen molar-refractivity contribution in [3.8, 4) is 17.1 Å². The number of carbonyl (C=O) groups is 1. The molecule has 6 heteroatoms. The highest BCUT2D eigenvalue weighted by molar-refractivity contribution is 5.97. The van der Waals surface area contributed by atoms with Crippen molar-refractivity contribution in [2.45, 2.75) is 6.42 Å². The summed E-state index contributed by atoms with van der Waals surface area (Å²) in [5.74, 6) is 0.703. The van der Waals surface area contributed by atoms with Crippen molar-refractivity contribution < 1.29 is 9.90 Å². The van der Waals surface area contributed by atoms with Crippen LogP contribution in [0.15, 0.2) is 67.3 Å². The molecule has 0 unspecified atom stereocenters. The molecule has 0 saturated carbocycles. The maximum atomic E-state index is 12.3. The van der Waals surface area contributed by atoms with Gasteiger partial charge in [0.1, 0.15) is 11.3 Å². The number of hydrogen-bond donors (Lipinski definition) is 1. The number of aromatic hydroxyl groups is 1. The third kappa shape index (κ3) is 3.25. The van der Waals surface area contributed by atoms with E-state index in [1.54, 1.807) is 61.2 Å². The number of carbonyl (C=O) groups excluding carboxylic acids is 1. The van der Waals surface area contributed by atoms with Gasteiger partial charge in [-0.3, -0.25) is 14.8 Å². The van der Waals surface area contributed by atoms with E-state index in [1.165, 1.54) is 0 Å². The van der Waals surface area contributed by atoms with E-state index in [9.17, 15) is 9.90 Å². The van der Waals surface area contributed by atoms with Gasteiger partial charge in [0.15, 0.2) is 11.6 Å². The summed E-state index contributed by atoms with van der Waals surface area (Å²) in [6.45, 7) is 0. The van der Waals surface area contributed by atoms with Crippen LogP contribution in [0.25, 0.3) is 22.4 Å².